The summed E-state index contributed by atoms with van der Waals surface area (Å²) in [5, 5.41) is 2.89. The number of guanidine groups is 1. The molecule has 5 nitrogen and oxygen atoms in total. The third-order valence-corrected chi connectivity index (χ3v) is 2.55. The predicted octanol–water partition coefficient (Wildman–Crippen LogP) is 2.40. The Hall–Kier alpha value is -2.60. The number of aliphatic imine (C=N–C) groups is 1. The van der Waals surface area contributed by atoms with E-state index in [2.05, 4.69) is 15.7 Å². The van der Waals surface area contributed by atoms with Crippen molar-refractivity contribution in [2.24, 2.45) is 10.8 Å². The van der Waals surface area contributed by atoms with Gasteiger partial charge in [0.25, 0.3) is 0 Å². The Morgan fingerprint density at radius 3 is 2.55 bits per heavy atom. The van der Waals surface area contributed by atoms with Gasteiger partial charge in [-0.15, -0.1) is 0 Å². The summed E-state index contributed by atoms with van der Waals surface area (Å²) in [5.41, 5.74) is 3.67. The van der Waals surface area contributed by atoms with Crippen LogP contribution in [-0.4, -0.2) is 13.1 Å². The molecule has 0 bridgehead atoms. The van der Waals surface area contributed by atoms with Crippen molar-refractivity contribution in [2.75, 3.05) is 12.4 Å². The summed E-state index contributed by atoms with van der Waals surface area (Å²) < 4.78 is 18.4. The number of anilines is 1. The summed E-state index contributed by atoms with van der Waals surface area (Å²) in [6.45, 7) is 0. The number of benzene rings is 2. The molecule has 6 heteroatoms. The van der Waals surface area contributed by atoms with Crippen LogP contribution in [0.3, 0.4) is 0 Å². The van der Waals surface area contributed by atoms with E-state index in [1.807, 2.05) is 30.3 Å². The first-order valence-corrected chi connectivity index (χ1v) is 5.94. The van der Waals surface area contributed by atoms with Crippen LogP contribution in [0.25, 0.3) is 0 Å². The minimum absolute atomic E-state index is 0.179. The summed E-state index contributed by atoms with van der Waals surface area (Å²) in [5.74, 6) is 5.42. The van der Waals surface area contributed by atoms with Gasteiger partial charge in [0.2, 0.25) is 5.96 Å². The first-order chi connectivity index (χ1) is 9.72. The van der Waals surface area contributed by atoms with Crippen LogP contribution in [0.2, 0.25) is 0 Å². The highest BCUT2D eigenvalue weighted by Crippen LogP contribution is 2.20. The van der Waals surface area contributed by atoms with Gasteiger partial charge in [0, 0.05) is 11.8 Å². The van der Waals surface area contributed by atoms with Gasteiger partial charge in [-0.2, -0.15) is 0 Å². The number of nitrogens with zero attached hydrogens (tertiary/aromatic N) is 1. The summed E-state index contributed by atoms with van der Waals surface area (Å²) in [7, 11) is 1.41. The quantitative estimate of drug-likeness (QED) is 0.348. The van der Waals surface area contributed by atoms with Gasteiger partial charge in [-0.1, -0.05) is 18.2 Å². The molecule has 0 atom stereocenters. The number of para-hydroxylation sites is 1. The molecule has 0 aliphatic heterocycles. The van der Waals surface area contributed by atoms with E-state index in [1.54, 1.807) is 6.07 Å². The minimum Gasteiger partial charge on any atom is -0.494 e. The molecule has 0 aliphatic rings. The molecule has 0 saturated heterocycles. The Labute approximate surface area is 116 Å². The zero-order valence-corrected chi connectivity index (χ0v) is 10.9. The van der Waals surface area contributed by atoms with E-state index in [4.69, 9.17) is 10.6 Å². The lowest BCUT2D eigenvalue weighted by Crippen LogP contribution is -2.36. The van der Waals surface area contributed by atoms with Crippen molar-refractivity contribution in [3.8, 4) is 5.75 Å². The fourth-order valence-electron chi connectivity index (χ4n) is 1.61. The fourth-order valence-corrected chi connectivity index (χ4v) is 1.61. The van der Waals surface area contributed by atoms with Crippen LogP contribution in [0.1, 0.15) is 0 Å². The van der Waals surface area contributed by atoms with Crippen LogP contribution in [-0.2, 0) is 0 Å². The highest BCUT2D eigenvalue weighted by atomic mass is 19.1. The molecular formula is C14H15FN4O. The van der Waals surface area contributed by atoms with Gasteiger partial charge in [0.1, 0.15) is 0 Å². The van der Waals surface area contributed by atoms with Crippen LogP contribution in [0.15, 0.2) is 53.5 Å². The minimum atomic E-state index is -0.464. The Kier molecular flexibility index (Phi) is 4.52. The van der Waals surface area contributed by atoms with Gasteiger partial charge in [0.05, 0.1) is 12.8 Å². The van der Waals surface area contributed by atoms with E-state index in [0.29, 0.717) is 11.6 Å². The molecule has 0 heterocycles. The number of hydrogen-bond donors (Lipinski definition) is 3. The Balaban J connectivity index is 2.18. The molecule has 0 radical (unpaired) electrons. The first kappa shape index (κ1) is 13.8. The maximum absolute atomic E-state index is 13.6. The van der Waals surface area contributed by atoms with Crippen molar-refractivity contribution < 1.29 is 9.13 Å². The van der Waals surface area contributed by atoms with E-state index >= 15 is 0 Å². The molecule has 4 N–H and O–H groups in total. The molecule has 0 aromatic heterocycles. The monoisotopic (exact) mass is 274 g/mol. The average molecular weight is 274 g/mol. The number of ether oxygens (including phenoxy) is 1. The van der Waals surface area contributed by atoms with E-state index in [-0.39, 0.29) is 5.75 Å². The highest BCUT2D eigenvalue weighted by molar-refractivity contribution is 5.94. The van der Waals surface area contributed by atoms with Crippen LogP contribution in [0, 0.1) is 5.82 Å². The molecule has 104 valence electrons. The zero-order chi connectivity index (χ0) is 14.4. The largest absolute Gasteiger partial charge is 0.494 e. The lowest BCUT2D eigenvalue weighted by molar-refractivity contribution is 0.386. The third kappa shape index (κ3) is 3.46. The number of hydrazine groups is 1. The van der Waals surface area contributed by atoms with Crippen LogP contribution < -0.4 is 21.3 Å². The second kappa shape index (κ2) is 6.53. The molecule has 0 aliphatic carbocycles. The molecule has 0 saturated carbocycles. The first-order valence-electron chi connectivity index (χ1n) is 5.94. The Bertz CT molecular complexity index is 601. The van der Waals surface area contributed by atoms with E-state index in [1.165, 1.54) is 19.2 Å². The normalized spacial score (nSPS) is 11.1. The molecule has 0 fully saturated rings. The van der Waals surface area contributed by atoms with Crippen molar-refractivity contribution in [1.82, 2.24) is 5.43 Å². The lowest BCUT2D eigenvalue weighted by atomic mass is 10.3. The van der Waals surface area contributed by atoms with Crippen molar-refractivity contribution in [3.05, 3.63) is 54.3 Å². The standard InChI is InChI=1S/C14H15FN4O/c1-20-13-8-7-11(9-12(13)15)18-14(19-16)17-10-5-3-2-4-6-10/h2-9H,16H2,1H3,(H2,17,18,19). The number of rotatable bonds is 3. The SMILES string of the molecule is COc1ccc(NC(=Nc2ccccc2)NN)cc1F. The van der Waals surface area contributed by atoms with Gasteiger partial charge in [-0.05, 0) is 24.3 Å². The molecule has 20 heavy (non-hydrogen) atoms. The van der Waals surface area contributed by atoms with Crippen molar-refractivity contribution >= 4 is 17.3 Å². The fraction of sp³-hybridized carbons (Fsp3) is 0.0714. The summed E-state index contributed by atoms with van der Waals surface area (Å²) in [6, 6.07) is 13.8. The van der Waals surface area contributed by atoms with Crippen molar-refractivity contribution in [2.45, 2.75) is 0 Å². The second-order valence-electron chi connectivity index (χ2n) is 3.91. The summed E-state index contributed by atoms with van der Waals surface area (Å²) >= 11 is 0. The zero-order valence-electron chi connectivity index (χ0n) is 10.9. The number of halogens is 1. The smallest absolute Gasteiger partial charge is 0.215 e. The number of nitrogens with one attached hydrogen (secondary N) is 2. The number of methoxy groups -OCH3 is 1. The molecular weight excluding hydrogens is 259 g/mol. The van der Waals surface area contributed by atoms with E-state index < -0.39 is 5.82 Å². The van der Waals surface area contributed by atoms with Gasteiger partial charge in [0.15, 0.2) is 11.6 Å². The van der Waals surface area contributed by atoms with E-state index in [0.717, 1.165) is 5.69 Å². The molecule has 2 aromatic rings. The van der Waals surface area contributed by atoms with Crippen molar-refractivity contribution in [1.29, 1.82) is 0 Å². The maximum Gasteiger partial charge on any atom is 0.215 e. The third-order valence-electron chi connectivity index (χ3n) is 2.55. The van der Waals surface area contributed by atoms with Crippen LogP contribution in [0.5, 0.6) is 5.75 Å². The second-order valence-corrected chi connectivity index (χ2v) is 3.91. The summed E-state index contributed by atoms with van der Waals surface area (Å²) in [6.07, 6.45) is 0. The van der Waals surface area contributed by atoms with Gasteiger partial charge >= 0.3 is 0 Å². The van der Waals surface area contributed by atoms with Crippen LogP contribution >= 0.6 is 0 Å². The molecule has 0 unspecified atom stereocenters. The average Bonchev–Trinajstić information content (AvgIpc) is 2.48. The van der Waals surface area contributed by atoms with Crippen molar-refractivity contribution in [3.63, 3.8) is 0 Å². The van der Waals surface area contributed by atoms with Gasteiger partial charge in [-0.25, -0.2) is 15.2 Å². The molecule has 0 amide bonds. The van der Waals surface area contributed by atoms with E-state index in [9.17, 15) is 4.39 Å². The summed E-state index contributed by atoms with van der Waals surface area (Å²) in [4.78, 5) is 4.26. The molecule has 2 rings (SSSR count). The van der Waals surface area contributed by atoms with Gasteiger partial charge < -0.3 is 10.1 Å². The lowest BCUT2D eigenvalue weighted by Gasteiger charge is -2.10. The highest BCUT2D eigenvalue weighted by Gasteiger charge is 2.05. The van der Waals surface area contributed by atoms with Crippen LogP contribution in [0.4, 0.5) is 15.8 Å². The molecule has 0 spiro atoms. The number of nitrogens with two attached hydrogens (primary N) is 1. The number of hydrogen-bond acceptors (Lipinski definition) is 3. The Morgan fingerprint density at radius 1 is 1.20 bits per heavy atom. The van der Waals surface area contributed by atoms with Gasteiger partial charge in [-0.3, -0.25) is 5.43 Å². The molecule has 2 aromatic carbocycles. The maximum atomic E-state index is 13.6. The predicted molar refractivity (Wildman–Crippen MR) is 77.4 cm³/mol. The Morgan fingerprint density at radius 2 is 1.95 bits per heavy atom. The topological polar surface area (TPSA) is 71.7 Å².